The number of hydrogen-bond donors (Lipinski definition) is 1. The number of anilines is 1. The first-order chi connectivity index (χ1) is 15.0. The van der Waals surface area contributed by atoms with Crippen LogP contribution in [-0.4, -0.2) is 22.6 Å². The summed E-state index contributed by atoms with van der Waals surface area (Å²) in [4.78, 5) is 41.4. The van der Waals surface area contributed by atoms with Crippen molar-refractivity contribution in [3.63, 3.8) is 0 Å². The van der Waals surface area contributed by atoms with Crippen LogP contribution in [0.2, 0.25) is 0 Å². The molecular weight excluding hydrogens is 388 g/mol. The minimum Gasteiger partial charge on any atom is -0.326 e. The number of rotatable bonds is 5. The number of allylic oxidation sites excluding steroid dienone is 2. The van der Waals surface area contributed by atoms with E-state index in [4.69, 9.17) is 0 Å². The van der Waals surface area contributed by atoms with E-state index in [0.29, 0.717) is 0 Å². The van der Waals surface area contributed by atoms with Gasteiger partial charge in [-0.1, -0.05) is 60.7 Å². The number of nitrogens with one attached hydrogen (secondary N) is 1. The summed E-state index contributed by atoms with van der Waals surface area (Å²) in [6, 6.07) is 16.4. The Morgan fingerprint density at radius 2 is 1.52 bits per heavy atom. The molecule has 1 aliphatic heterocycles. The Morgan fingerprint density at radius 3 is 2.10 bits per heavy atom. The third kappa shape index (κ3) is 3.38. The highest BCUT2D eigenvalue weighted by Gasteiger charge is 2.58. The first-order valence-corrected chi connectivity index (χ1v) is 11.0. The molecule has 31 heavy (non-hydrogen) atoms. The van der Waals surface area contributed by atoms with Crippen LogP contribution < -0.4 is 5.32 Å². The van der Waals surface area contributed by atoms with Gasteiger partial charge in [0.15, 0.2) is 0 Å². The van der Waals surface area contributed by atoms with Crippen LogP contribution >= 0.6 is 0 Å². The zero-order chi connectivity index (χ0) is 21.5. The summed E-state index contributed by atoms with van der Waals surface area (Å²) in [6.45, 7) is 1.94. The number of amides is 3. The van der Waals surface area contributed by atoms with Gasteiger partial charge in [0.25, 0.3) is 0 Å². The molecule has 0 aromatic heterocycles. The number of fused-ring (bicyclic) bond motifs is 1. The summed E-state index contributed by atoms with van der Waals surface area (Å²) < 4.78 is 0. The average Bonchev–Trinajstić information content (AvgIpc) is 3.07. The zero-order valence-corrected chi connectivity index (χ0v) is 17.5. The monoisotopic (exact) mass is 414 g/mol. The van der Waals surface area contributed by atoms with Crippen LogP contribution in [0.1, 0.15) is 36.4 Å². The highest BCUT2D eigenvalue weighted by molar-refractivity contribution is 6.07. The van der Waals surface area contributed by atoms with Crippen molar-refractivity contribution in [2.45, 2.75) is 32.2 Å². The Bertz CT molecular complexity index is 1030. The van der Waals surface area contributed by atoms with Crippen LogP contribution in [0.15, 0.2) is 66.7 Å². The largest absolute Gasteiger partial charge is 0.326 e. The molecule has 1 heterocycles. The normalized spacial score (nSPS) is 27.3. The van der Waals surface area contributed by atoms with Crippen molar-refractivity contribution in [2.24, 2.45) is 23.7 Å². The second-order valence-electron chi connectivity index (χ2n) is 8.88. The molecule has 2 bridgehead atoms. The molecule has 2 fully saturated rings. The SMILES string of the molecule is Cc1ccccc1NC(=O)C[C@@H](c1ccccc1)N1C(=O)[C@@H]2[C@H](C1=O)[C@H]1C=C[C@H]2CC1. The summed E-state index contributed by atoms with van der Waals surface area (Å²) in [7, 11) is 0. The quantitative estimate of drug-likeness (QED) is 0.587. The van der Waals surface area contributed by atoms with Gasteiger partial charge in [0, 0.05) is 5.69 Å². The smallest absolute Gasteiger partial charge is 0.234 e. The summed E-state index contributed by atoms with van der Waals surface area (Å²) in [5.74, 6) is -0.732. The molecule has 2 aromatic rings. The van der Waals surface area contributed by atoms with E-state index in [0.717, 1.165) is 29.7 Å². The van der Waals surface area contributed by atoms with E-state index < -0.39 is 6.04 Å². The molecule has 1 saturated heterocycles. The number of para-hydroxylation sites is 1. The highest BCUT2D eigenvalue weighted by atomic mass is 16.2. The maximum Gasteiger partial charge on any atom is 0.234 e. The van der Waals surface area contributed by atoms with Gasteiger partial charge in [-0.05, 0) is 48.8 Å². The van der Waals surface area contributed by atoms with Crippen LogP contribution in [0.5, 0.6) is 0 Å². The third-order valence-electron chi connectivity index (χ3n) is 7.09. The Labute approximate surface area is 182 Å². The molecule has 0 unspecified atom stereocenters. The second kappa shape index (κ2) is 7.80. The predicted molar refractivity (Wildman–Crippen MR) is 118 cm³/mol. The van der Waals surface area contributed by atoms with E-state index in [9.17, 15) is 14.4 Å². The van der Waals surface area contributed by atoms with Crippen molar-refractivity contribution in [2.75, 3.05) is 5.32 Å². The van der Waals surface area contributed by atoms with Crippen LogP contribution in [0.4, 0.5) is 5.69 Å². The lowest BCUT2D eigenvalue weighted by atomic mass is 9.63. The molecule has 5 nitrogen and oxygen atoms in total. The zero-order valence-electron chi connectivity index (χ0n) is 17.5. The van der Waals surface area contributed by atoms with Crippen LogP contribution in [0.3, 0.4) is 0 Å². The fraction of sp³-hybridized carbons (Fsp3) is 0.346. The van der Waals surface area contributed by atoms with E-state index in [2.05, 4.69) is 17.5 Å². The Balaban J connectivity index is 1.45. The fourth-order valence-corrected chi connectivity index (χ4v) is 5.53. The van der Waals surface area contributed by atoms with Crippen molar-refractivity contribution in [1.29, 1.82) is 0 Å². The van der Waals surface area contributed by atoms with Crippen molar-refractivity contribution in [1.82, 2.24) is 4.90 Å². The van der Waals surface area contributed by atoms with Crippen molar-refractivity contribution < 1.29 is 14.4 Å². The van der Waals surface area contributed by atoms with Crippen LogP contribution in [0.25, 0.3) is 0 Å². The number of carbonyl (C=O) groups excluding carboxylic acids is 3. The van der Waals surface area contributed by atoms with Crippen molar-refractivity contribution in [3.8, 4) is 0 Å². The number of imide groups is 1. The Kier molecular flexibility index (Phi) is 4.97. The molecule has 3 aliphatic carbocycles. The maximum absolute atomic E-state index is 13.5. The topological polar surface area (TPSA) is 66.5 Å². The van der Waals surface area contributed by atoms with Gasteiger partial charge in [0.1, 0.15) is 0 Å². The highest BCUT2D eigenvalue weighted by Crippen LogP contribution is 2.51. The Morgan fingerprint density at radius 1 is 0.935 bits per heavy atom. The van der Waals surface area contributed by atoms with E-state index in [1.165, 1.54) is 4.90 Å². The molecule has 2 aromatic carbocycles. The maximum atomic E-state index is 13.5. The number of likely N-dealkylation sites (tertiary alicyclic amines) is 1. The van der Waals surface area contributed by atoms with Gasteiger partial charge in [0.05, 0.1) is 24.3 Å². The number of aryl methyl sites for hydroxylation is 1. The van der Waals surface area contributed by atoms with Crippen molar-refractivity contribution >= 4 is 23.4 Å². The molecule has 5 atom stereocenters. The van der Waals surface area contributed by atoms with E-state index >= 15 is 0 Å². The van der Waals surface area contributed by atoms with Gasteiger partial charge in [0.2, 0.25) is 17.7 Å². The molecule has 1 N–H and O–H groups in total. The van der Waals surface area contributed by atoms with E-state index in [1.54, 1.807) is 0 Å². The third-order valence-corrected chi connectivity index (χ3v) is 7.09. The van der Waals surface area contributed by atoms with Gasteiger partial charge in [-0.25, -0.2) is 0 Å². The van der Waals surface area contributed by atoms with E-state index in [1.807, 2.05) is 61.5 Å². The van der Waals surface area contributed by atoms with Gasteiger partial charge in [-0.2, -0.15) is 0 Å². The van der Waals surface area contributed by atoms with Gasteiger partial charge in [-0.3, -0.25) is 19.3 Å². The molecule has 5 heteroatoms. The van der Waals surface area contributed by atoms with Crippen LogP contribution in [-0.2, 0) is 14.4 Å². The first-order valence-electron chi connectivity index (χ1n) is 11.0. The molecule has 6 rings (SSSR count). The van der Waals surface area contributed by atoms with Crippen LogP contribution in [0, 0.1) is 30.6 Å². The molecule has 3 amide bonds. The predicted octanol–water partition coefficient (Wildman–Crippen LogP) is 4.26. The molecule has 4 aliphatic rings. The van der Waals surface area contributed by atoms with Gasteiger partial charge in [-0.15, -0.1) is 0 Å². The average molecular weight is 415 g/mol. The fourth-order valence-electron chi connectivity index (χ4n) is 5.53. The van der Waals surface area contributed by atoms with E-state index in [-0.39, 0.29) is 47.8 Å². The minimum absolute atomic E-state index is 0.0397. The minimum atomic E-state index is -0.602. The standard InChI is InChI=1S/C26H26N2O3/c1-16-7-5-6-10-20(16)27-22(29)15-21(17-8-3-2-4-9-17)28-25(30)23-18-11-12-19(14-13-18)24(23)26(28)31/h2-12,18-19,21,23-24H,13-15H2,1H3,(H,27,29)/t18-,19-,21-,23-,24+/m0/s1. The number of hydrogen-bond acceptors (Lipinski definition) is 3. The Hall–Kier alpha value is -3.21. The second-order valence-corrected chi connectivity index (χ2v) is 8.88. The number of carbonyl (C=O) groups is 3. The van der Waals surface area contributed by atoms with Crippen molar-refractivity contribution in [3.05, 3.63) is 77.9 Å². The van der Waals surface area contributed by atoms with Gasteiger partial charge < -0.3 is 5.32 Å². The molecular formula is C26H26N2O3. The first kappa shape index (κ1) is 19.7. The lowest BCUT2D eigenvalue weighted by Crippen LogP contribution is -2.38. The molecule has 158 valence electrons. The molecule has 0 radical (unpaired) electrons. The summed E-state index contributed by atoms with van der Waals surface area (Å²) >= 11 is 0. The lowest BCUT2D eigenvalue weighted by molar-refractivity contribution is -0.143. The summed E-state index contributed by atoms with van der Waals surface area (Å²) in [5, 5.41) is 2.96. The molecule has 0 spiro atoms. The number of nitrogens with zero attached hydrogens (tertiary/aromatic N) is 1. The summed E-state index contributed by atoms with van der Waals surface area (Å²) in [6.07, 6.45) is 6.19. The van der Waals surface area contributed by atoms with Gasteiger partial charge >= 0.3 is 0 Å². The number of benzene rings is 2. The summed E-state index contributed by atoms with van der Waals surface area (Å²) in [5.41, 5.74) is 2.52. The lowest BCUT2D eigenvalue weighted by Gasteiger charge is -2.38. The molecule has 1 saturated carbocycles.